The minimum absolute atomic E-state index is 0.434. The van der Waals surface area contributed by atoms with E-state index in [2.05, 4.69) is 10.3 Å². The maximum atomic E-state index is 13.2. The topological polar surface area (TPSA) is 47.3 Å². The van der Waals surface area contributed by atoms with Gasteiger partial charge in [-0.05, 0) is 18.2 Å². The number of nitrogens with zero attached hydrogens (tertiary/aromatic N) is 1. The Kier molecular flexibility index (Phi) is 4.59. The Morgan fingerprint density at radius 1 is 1.32 bits per heavy atom. The van der Waals surface area contributed by atoms with E-state index in [-0.39, 0.29) is 0 Å². The molecule has 0 aliphatic carbocycles. The summed E-state index contributed by atoms with van der Waals surface area (Å²) in [5.74, 6) is -1.36. The van der Waals surface area contributed by atoms with E-state index >= 15 is 0 Å². The van der Waals surface area contributed by atoms with Crippen LogP contribution >= 0.6 is 0 Å². The lowest BCUT2D eigenvalue weighted by atomic mass is 10.1. The molecule has 0 amide bonds. The lowest BCUT2D eigenvalue weighted by Gasteiger charge is -2.04. The molecule has 0 fully saturated rings. The lowest BCUT2D eigenvalue weighted by Crippen LogP contribution is -2.19. The summed E-state index contributed by atoms with van der Waals surface area (Å²) in [6.07, 6.45) is 1.28. The van der Waals surface area contributed by atoms with Crippen molar-refractivity contribution in [3.05, 3.63) is 41.9 Å². The second-order valence-corrected chi connectivity index (χ2v) is 3.93. The van der Waals surface area contributed by atoms with Crippen molar-refractivity contribution in [2.45, 2.75) is 6.54 Å². The Hall–Kier alpha value is -1.79. The van der Waals surface area contributed by atoms with Crippen molar-refractivity contribution in [1.29, 1.82) is 0 Å². The minimum Gasteiger partial charge on any atom is -0.443 e. The number of hydrogen-bond acceptors (Lipinski definition) is 4. The van der Waals surface area contributed by atoms with Gasteiger partial charge in [-0.2, -0.15) is 0 Å². The van der Waals surface area contributed by atoms with Crippen LogP contribution in [0.4, 0.5) is 8.78 Å². The Morgan fingerprint density at radius 2 is 2.16 bits per heavy atom. The van der Waals surface area contributed by atoms with Gasteiger partial charge in [0.05, 0.1) is 6.61 Å². The van der Waals surface area contributed by atoms with Gasteiger partial charge in [-0.3, -0.25) is 0 Å². The van der Waals surface area contributed by atoms with Crippen LogP contribution in [0, 0.1) is 11.6 Å². The van der Waals surface area contributed by atoms with Crippen molar-refractivity contribution in [1.82, 2.24) is 10.3 Å². The third kappa shape index (κ3) is 3.36. The molecular formula is C13H14F2N2O2. The van der Waals surface area contributed by atoms with Crippen molar-refractivity contribution >= 4 is 0 Å². The highest BCUT2D eigenvalue weighted by molar-refractivity contribution is 5.59. The van der Waals surface area contributed by atoms with Gasteiger partial charge >= 0.3 is 0 Å². The fourth-order valence-electron chi connectivity index (χ4n) is 1.65. The molecule has 2 aromatic rings. The second kappa shape index (κ2) is 6.40. The van der Waals surface area contributed by atoms with Crippen LogP contribution in [-0.4, -0.2) is 25.2 Å². The molecule has 6 heteroatoms. The summed E-state index contributed by atoms with van der Waals surface area (Å²) in [6.45, 7) is 1.72. The van der Waals surface area contributed by atoms with Gasteiger partial charge in [0, 0.05) is 25.8 Å². The molecule has 0 saturated carbocycles. The Morgan fingerprint density at radius 3 is 2.89 bits per heavy atom. The molecule has 0 aliphatic rings. The molecule has 102 valence electrons. The number of hydrogen-bond donors (Lipinski definition) is 1. The summed E-state index contributed by atoms with van der Waals surface area (Å²) in [5, 5.41) is 3.11. The van der Waals surface area contributed by atoms with E-state index in [4.69, 9.17) is 9.15 Å². The molecule has 0 saturated heterocycles. The molecule has 0 atom stereocenters. The summed E-state index contributed by atoms with van der Waals surface area (Å²) >= 11 is 0. The molecule has 2 rings (SSSR count). The quantitative estimate of drug-likeness (QED) is 0.817. The predicted molar refractivity (Wildman–Crippen MR) is 65.4 cm³/mol. The number of rotatable bonds is 6. The number of nitrogens with one attached hydrogen (secondary N) is 1. The summed E-state index contributed by atoms with van der Waals surface area (Å²) < 4.78 is 36.2. The zero-order valence-electron chi connectivity index (χ0n) is 10.5. The molecule has 1 aromatic heterocycles. The van der Waals surface area contributed by atoms with Crippen LogP contribution in [0.1, 0.15) is 5.69 Å². The van der Waals surface area contributed by atoms with Crippen LogP contribution in [0.3, 0.4) is 0 Å². The first-order valence-electron chi connectivity index (χ1n) is 5.80. The summed E-state index contributed by atoms with van der Waals surface area (Å²) in [5.41, 5.74) is 1.10. The fraction of sp³-hybridized carbons (Fsp3) is 0.308. The smallest absolute Gasteiger partial charge is 0.181 e. The lowest BCUT2D eigenvalue weighted by molar-refractivity contribution is 0.199. The van der Waals surface area contributed by atoms with E-state index in [0.29, 0.717) is 36.7 Å². The van der Waals surface area contributed by atoms with Gasteiger partial charge in [0.15, 0.2) is 23.8 Å². The van der Waals surface area contributed by atoms with E-state index in [9.17, 15) is 8.78 Å². The molecule has 0 unspecified atom stereocenters. The summed E-state index contributed by atoms with van der Waals surface area (Å²) in [4.78, 5) is 4.06. The zero-order chi connectivity index (χ0) is 13.7. The van der Waals surface area contributed by atoms with Gasteiger partial charge in [-0.15, -0.1) is 0 Å². The molecular weight excluding hydrogens is 254 g/mol. The number of aromatic nitrogens is 1. The minimum atomic E-state index is -0.910. The summed E-state index contributed by atoms with van der Waals surface area (Å²) in [6, 6.07) is 3.61. The maximum absolute atomic E-state index is 13.2. The van der Waals surface area contributed by atoms with Gasteiger partial charge in [0.2, 0.25) is 0 Å². The van der Waals surface area contributed by atoms with Gasteiger partial charge < -0.3 is 14.5 Å². The van der Waals surface area contributed by atoms with Gasteiger partial charge in [0.1, 0.15) is 5.69 Å². The third-order valence-corrected chi connectivity index (χ3v) is 2.60. The van der Waals surface area contributed by atoms with Crippen molar-refractivity contribution in [3.63, 3.8) is 0 Å². The Balaban J connectivity index is 2.12. The number of ether oxygens (including phenoxy) is 1. The van der Waals surface area contributed by atoms with Crippen molar-refractivity contribution in [3.8, 4) is 11.3 Å². The SMILES string of the molecule is COCCNCc1ncoc1-c1ccc(F)c(F)c1. The highest BCUT2D eigenvalue weighted by Gasteiger charge is 2.12. The third-order valence-electron chi connectivity index (χ3n) is 2.60. The van der Waals surface area contributed by atoms with Gasteiger partial charge in [0.25, 0.3) is 0 Å². The highest BCUT2D eigenvalue weighted by atomic mass is 19.2. The maximum Gasteiger partial charge on any atom is 0.181 e. The van der Waals surface area contributed by atoms with Crippen molar-refractivity contribution in [2.75, 3.05) is 20.3 Å². The number of benzene rings is 1. The zero-order valence-corrected chi connectivity index (χ0v) is 10.5. The van der Waals surface area contributed by atoms with Gasteiger partial charge in [-0.1, -0.05) is 0 Å². The average Bonchev–Trinajstić information content (AvgIpc) is 2.86. The Bertz CT molecular complexity index is 543. The molecule has 1 aromatic carbocycles. The molecule has 1 heterocycles. The molecule has 0 bridgehead atoms. The van der Waals surface area contributed by atoms with Crippen LogP contribution in [-0.2, 0) is 11.3 Å². The Labute approximate surface area is 109 Å². The standard InChI is InChI=1S/C13H14F2N2O2/c1-18-5-4-16-7-12-13(19-8-17-12)9-2-3-10(14)11(15)6-9/h2-3,6,8,16H,4-5,7H2,1H3. The van der Waals surface area contributed by atoms with Crippen molar-refractivity contribution < 1.29 is 17.9 Å². The molecule has 0 aliphatic heterocycles. The molecule has 4 nitrogen and oxygen atoms in total. The van der Waals surface area contributed by atoms with E-state index < -0.39 is 11.6 Å². The number of halogens is 2. The number of oxazole rings is 1. The molecule has 19 heavy (non-hydrogen) atoms. The largest absolute Gasteiger partial charge is 0.443 e. The van der Waals surface area contributed by atoms with E-state index in [1.54, 1.807) is 7.11 Å². The van der Waals surface area contributed by atoms with Crippen molar-refractivity contribution in [2.24, 2.45) is 0 Å². The predicted octanol–water partition coefficient (Wildman–Crippen LogP) is 2.36. The van der Waals surface area contributed by atoms with Crippen LogP contribution in [0.15, 0.2) is 29.0 Å². The molecule has 0 radical (unpaired) electrons. The van der Waals surface area contributed by atoms with Crippen LogP contribution in [0.25, 0.3) is 11.3 Å². The highest BCUT2D eigenvalue weighted by Crippen LogP contribution is 2.24. The van der Waals surface area contributed by atoms with E-state index in [0.717, 1.165) is 12.1 Å². The summed E-state index contributed by atoms with van der Waals surface area (Å²) in [7, 11) is 1.62. The first-order valence-corrected chi connectivity index (χ1v) is 5.80. The molecule has 0 spiro atoms. The van der Waals surface area contributed by atoms with E-state index in [1.165, 1.54) is 12.5 Å². The van der Waals surface area contributed by atoms with Crippen LogP contribution < -0.4 is 5.32 Å². The first kappa shape index (κ1) is 13.6. The van der Waals surface area contributed by atoms with Crippen LogP contribution in [0.5, 0.6) is 0 Å². The normalized spacial score (nSPS) is 10.9. The molecule has 1 N–H and O–H groups in total. The van der Waals surface area contributed by atoms with Crippen LogP contribution in [0.2, 0.25) is 0 Å². The first-order chi connectivity index (χ1) is 9.22. The number of methoxy groups -OCH3 is 1. The van der Waals surface area contributed by atoms with Gasteiger partial charge in [-0.25, -0.2) is 13.8 Å². The van der Waals surface area contributed by atoms with E-state index in [1.807, 2.05) is 0 Å². The second-order valence-electron chi connectivity index (χ2n) is 3.93. The monoisotopic (exact) mass is 268 g/mol. The average molecular weight is 268 g/mol. The fourth-order valence-corrected chi connectivity index (χ4v) is 1.65.